The molecule has 0 heterocycles. The molecule has 1 unspecified atom stereocenters. The van der Waals surface area contributed by atoms with Crippen molar-refractivity contribution in [3.8, 4) is 0 Å². The van der Waals surface area contributed by atoms with Gasteiger partial charge in [0.05, 0.1) is 0 Å². The summed E-state index contributed by atoms with van der Waals surface area (Å²) in [5.74, 6) is 1.01. The third-order valence-corrected chi connectivity index (χ3v) is 4.55. The monoisotopic (exact) mass is 279 g/mol. The first-order valence-electron chi connectivity index (χ1n) is 7.78. The van der Waals surface area contributed by atoms with Crippen LogP contribution in [0.5, 0.6) is 0 Å². The fourth-order valence-electron chi connectivity index (χ4n) is 3.19. The number of nitrogens with one attached hydrogen (secondary N) is 1. The van der Waals surface area contributed by atoms with Crippen LogP contribution in [0.1, 0.15) is 63.5 Å². The molecule has 0 aliphatic heterocycles. The molecule has 1 atom stereocenters. The molecule has 2 heteroatoms. The van der Waals surface area contributed by atoms with Crippen molar-refractivity contribution in [3.05, 3.63) is 34.9 Å². The fourth-order valence-corrected chi connectivity index (χ4v) is 3.39. The van der Waals surface area contributed by atoms with Crippen molar-refractivity contribution in [2.24, 2.45) is 5.92 Å². The zero-order valence-electron chi connectivity index (χ0n) is 12.0. The van der Waals surface area contributed by atoms with E-state index in [-0.39, 0.29) is 0 Å². The van der Waals surface area contributed by atoms with Gasteiger partial charge in [-0.25, -0.2) is 0 Å². The Balaban J connectivity index is 1.73. The Kier molecular flexibility index (Phi) is 6.19. The molecule has 0 spiro atoms. The smallest absolute Gasteiger partial charge is 0.0409 e. The summed E-state index contributed by atoms with van der Waals surface area (Å²) in [5.41, 5.74) is 1.32. The summed E-state index contributed by atoms with van der Waals surface area (Å²) in [6, 6.07) is 8.68. The van der Waals surface area contributed by atoms with E-state index in [0.29, 0.717) is 6.04 Å². The van der Waals surface area contributed by atoms with E-state index in [4.69, 9.17) is 11.6 Å². The lowest BCUT2D eigenvalue weighted by atomic mass is 10.0. The van der Waals surface area contributed by atoms with Gasteiger partial charge in [0.25, 0.3) is 0 Å². The maximum atomic E-state index is 6.07. The van der Waals surface area contributed by atoms with E-state index in [1.165, 1.54) is 44.1 Å². The predicted octanol–water partition coefficient (Wildman–Crippen LogP) is 5.35. The molecule has 0 aromatic heterocycles. The van der Waals surface area contributed by atoms with Crippen LogP contribution in [-0.2, 0) is 0 Å². The minimum atomic E-state index is 0.447. The van der Waals surface area contributed by atoms with E-state index in [9.17, 15) is 0 Å². The number of hydrogen-bond acceptors (Lipinski definition) is 1. The molecule has 0 radical (unpaired) electrons. The van der Waals surface area contributed by atoms with Crippen molar-refractivity contribution < 1.29 is 0 Å². The van der Waals surface area contributed by atoms with E-state index >= 15 is 0 Å². The van der Waals surface area contributed by atoms with Gasteiger partial charge in [0.15, 0.2) is 0 Å². The van der Waals surface area contributed by atoms with Gasteiger partial charge in [-0.3, -0.25) is 0 Å². The van der Waals surface area contributed by atoms with Gasteiger partial charge in [0.2, 0.25) is 0 Å². The molecular weight excluding hydrogens is 254 g/mol. The SMILES string of the molecule is CCC(NCCCC1CCCC1)c1cccc(Cl)c1. The molecule has 0 bridgehead atoms. The topological polar surface area (TPSA) is 12.0 Å². The first kappa shape index (κ1) is 14.9. The maximum absolute atomic E-state index is 6.07. The molecular formula is C17H26ClN. The quantitative estimate of drug-likeness (QED) is 0.663. The maximum Gasteiger partial charge on any atom is 0.0409 e. The molecule has 0 amide bonds. The average molecular weight is 280 g/mol. The summed E-state index contributed by atoms with van der Waals surface area (Å²) in [4.78, 5) is 0. The van der Waals surface area contributed by atoms with Crippen LogP contribution in [0.2, 0.25) is 5.02 Å². The Hall–Kier alpha value is -0.530. The van der Waals surface area contributed by atoms with Crippen molar-refractivity contribution in [2.45, 2.75) is 57.9 Å². The van der Waals surface area contributed by atoms with Gasteiger partial charge >= 0.3 is 0 Å². The lowest BCUT2D eigenvalue weighted by molar-refractivity contribution is 0.444. The van der Waals surface area contributed by atoms with Crippen LogP contribution in [0.15, 0.2) is 24.3 Å². The molecule has 1 fully saturated rings. The standard InChI is InChI=1S/C17H26ClN/c1-2-17(15-10-5-11-16(18)13-15)19-12-6-9-14-7-3-4-8-14/h5,10-11,13-14,17,19H,2-4,6-9,12H2,1H3. The molecule has 0 saturated heterocycles. The second kappa shape index (κ2) is 7.91. The van der Waals surface area contributed by atoms with Gasteiger partial charge in [-0.05, 0) is 49.4 Å². The second-order valence-corrected chi connectivity index (χ2v) is 6.20. The number of rotatable bonds is 7. The largest absolute Gasteiger partial charge is 0.310 e. The minimum absolute atomic E-state index is 0.447. The highest BCUT2D eigenvalue weighted by Gasteiger charge is 2.14. The first-order valence-corrected chi connectivity index (χ1v) is 8.16. The van der Waals surface area contributed by atoms with Gasteiger partial charge < -0.3 is 5.32 Å². The fraction of sp³-hybridized carbons (Fsp3) is 0.647. The Morgan fingerprint density at radius 2 is 2.11 bits per heavy atom. The van der Waals surface area contributed by atoms with Crippen molar-refractivity contribution in [2.75, 3.05) is 6.54 Å². The van der Waals surface area contributed by atoms with Crippen LogP contribution in [0, 0.1) is 5.92 Å². The molecule has 1 aromatic rings. The minimum Gasteiger partial charge on any atom is -0.310 e. The Bertz CT molecular complexity index is 371. The summed E-state index contributed by atoms with van der Waals surface area (Å²) in [5, 5.41) is 4.52. The molecule has 1 aliphatic carbocycles. The number of hydrogen-bond donors (Lipinski definition) is 1. The molecule has 2 rings (SSSR count). The average Bonchev–Trinajstić information content (AvgIpc) is 2.92. The van der Waals surface area contributed by atoms with Crippen LogP contribution >= 0.6 is 11.6 Å². The summed E-state index contributed by atoms with van der Waals surface area (Å²) in [6.07, 6.45) is 9.66. The van der Waals surface area contributed by atoms with E-state index in [1.54, 1.807) is 0 Å². The van der Waals surface area contributed by atoms with Gasteiger partial charge in [-0.1, -0.05) is 56.3 Å². The highest BCUT2D eigenvalue weighted by atomic mass is 35.5. The van der Waals surface area contributed by atoms with Crippen molar-refractivity contribution in [3.63, 3.8) is 0 Å². The number of benzene rings is 1. The van der Waals surface area contributed by atoms with Crippen molar-refractivity contribution >= 4 is 11.6 Å². The van der Waals surface area contributed by atoms with Crippen LogP contribution in [0.3, 0.4) is 0 Å². The van der Waals surface area contributed by atoms with Crippen LogP contribution in [0.25, 0.3) is 0 Å². The number of halogens is 1. The Labute approximate surface area is 122 Å². The van der Waals surface area contributed by atoms with Crippen molar-refractivity contribution in [1.82, 2.24) is 5.32 Å². The first-order chi connectivity index (χ1) is 9.29. The van der Waals surface area contributed by atoms with E-state index in [0.717, 1.165) is 23.9 Å². The zero-order valence-corrected chi connectivity index (χ0v) is 12.8. The Morgan fingerprint density at radius 3 is 2.79 bits per heavy atom. The Morgan fingerprint density at radius 1 is 1.32 bits per heavy atom. The lowest BCUT2D eigenvalue weighted by Gasteiger charge is -2.18. The van der Waals surface area contributed by atoms with E-state index in [1.807, 2.05) is 12.1 Å². The third-order valence-electron chi connectivity index (χ3n) is 4.31. The summed E-state index contributed by atoms with van der Waals surface area (Å²) in [7, 11) is 0. The molecule has 106 valence electrons. The summed E-state index contributed by atoms with van der Waals surface area (Å²) < 4.78 is 0. The molecule has 1 saturated carbocycles. The van der Waals surface area contributed by atoms with Crippen LogP contribution in [0.4, 0.5) is 0 Å². The highest BCUT2D eigenvalue weighted by molar-refractivity contribution is 6.30. The van der Waals surface area contributed by atoms with Crippen LogP contribution < -0.4 is 5.32 Å². The normalized spacial score (nSPS) is 17.8. The molecule has 1 N–H and O–H groups in total. The van der Waals surface area contributed by atoms with Crippen molar-refractivity contribution in [1.29, 1.82) is 0 Å². The summed E-state index contributed by atoms with van der Waals surface area (Å²) in [6.45, 7) is 3.36. The molecule has 1 nitrogen and oxygen atoms in total. The van der Waals surface area contributed by atoms with E-state index in [2.05, 4.69) is 24.4 Å². The van der Waals surface area contributed by atoms with Crippen LogP contribution in [-0.4, -0.2) is 6.54 Å². The third kappa shape index (κ3) is 4.81. The molecule has 1 aliphatic rings. The lowest BCUT2D eigenvalue weighted by Crippen LogP contribution is -2.22. The zero-order chi connectivity index (χ0) is 13.5. The molecule has 1 aromatic carbocycles. The predicted molar refractivity (Wildman–Crippen MR) is 83.7 cm³/mol. The van der Waals surface area contributed by atoms with E-state index < -0.39 is 0 Å². The van der Waals surface area contributed by atoms with Gasteiger partial charge in [-0.2, -0.15) is 0 Å². The van der Waals surface area contributed by atoms with Gasteiger partial charge in [0, 0.05) is 11.1 Å². The second-order valence-electron chi connectivity index (χ2n) is 5.76. The summed E-state index contributed by atoms with van der Waals surface area (Å²) >= 11 is 6.07. The molecule has 19 heavy (non-hydrogen) atoms. The highest BCUT2D eigenvalue weighted by Crippen LogP contribution is 2.28. The van der Waals surface area contributed by atoms with Gasteiger partial charge in [0.1, 0.15) is 0 Å². The van der Waals surface area contributed by atoms with Gasteiger partial charge in [-0.15, -0.1) is 0 Å².